The predicted molar refractivity (Wildman–Crippen MR) is 82.1 cm³/mol. The number of rotatable bonds is 2. The van der Waals surface area contributed by atoms with E-state index in [1.807, 2.05) is 48.5 Å². The van der Waals surface area contributed by atoms with Crippen LogP contribution in [-0.4, -0.2) is 25.2 Å². The molecule has 2 N–H and O–H groups in total. The summed E-state index contributed by atoms with van der Waals surface area (Å²) in [6.07, 6.45) is 0. The van der Waals surface area contributed by atoms with Gasteiger partial charge in [0.2, 0.25) is 5.91 Å². The SMILES string of the molecule is N[C@@H]1C(=O)N(c2ccc3c(c2)OCCO3)[C@H]1c1ccccc1. The molecule has 5 heteroatoms. The Morgan fingerprint density at radius 2 is 1.73 bits per heavy atom. The van der Waals surface area contributed by atoms with Crippen molar-refractivity contribution in [3.05, 3.63) is 54.1 Å². The highest BCUT2D eigenvalue weighted by Crippen LogP contribution is 2.41. The van der Waals surface area contributed by atoms with Gasteiger partial charge in [-0.15, -0.1) is 0 Å². The molecule has 0 bridgehead atoms. The van der Waals surface area contributed by atoms with Crippen LogP contribution in [0.3, 0.4) is 0 Å². The Bertz CT molecular complexity index is 717. The average molecular weight is 296 g/mol. The lowest BCUT2D eigenvalue weighted by molar-refractivity contribution is -0.126. The van der Waals surface area contributed by atoms with Crippen LogP contribution in [0.25, 0.3) is 0 Å². The minimum absolute atomic E-state index is 0.0782. The van der Waals surface area contributed by atoms with Crippen molar-refractivity contribution in [1.82, 2.24) is 0 Å². The summed E-state index contributed by atoms with van der Waals surface area (Å²) in [6.45, 7) is 1.07. The number of carbonyl (C=O) groups excluding carboxylic acids is 1. The fourth-order valence-corrected chi connectivity index (χ4v) is 2.99. The summed E-state index contributed by atoms with van der Waals surface area (Å²) in [5, 5.41) is 0. The maximum Gasteiger partial charge on any atom is 0.247 e. The largest absolute Gasteiger partial charge is 0.486 e. The Hall–Kier alpha value is -2.53. The summed E-state index contributed by atoms with van der Waals surface area (Å²) in [7, 11) is 0. The fraction of sp³-hybridized carbons (Fsp3) is 0.235. The van der Waals surface area contributed by atoms with Crippen molar-refractivity contribution >= 4 is 11.6 Å². The van der Waals surface area contributed by atoms with Crippen LogP contribution in [-0.2, 0) is 4.79 Å². The zero-order valence-corrected chi connectivity index (χ0v) is 11.9. The van der Waals surface area contributed by atoms with Gasteiger partial charge >= 0.3 is 0 Å². The van der Waals surface area contributed by atoms with E-state index < -0.39 is 6.04 Å². The molecule has 2 heterocycles. The van der Waals surface area contributed by atoms with Crippen LogP contribution in [0.4, 0.5) is 5.69 Å². The topological polar surface area (TPSA) is 64.8 Å². The number of anilines is 1. The molecule has 1 amide bonds. The van der Waals surface area contributed by atoms with Gasteiger partial charge in [-0.3, -0.25) is 4.79 Å². The molecule has 0 radical (unpaired) electrons. The van der Waals surface area contributed by atoms with Gasteiger partial charge in [0.1, 0.15) is 19.3 Å². The second-order valence-electron chi connectivity index (χ2n) is 5.42. The van der Waals surface area contributed by atoms with Crippen LogP contribution in [0.2, 0.25) is 0 Å². The quantitative estimate of drug-likeness (QED) is 0.859. The molecule has 0 spiro atoms. The normalized spacial score (nSPS) is 23.1. The molecule has 2 aliphatic rings. The van der Waals surface area contributed by atoms with Gasteiger partial charge < -0.3 is 20.1 Å². The van der Waals surface area contributed by atoms with Crippen molar-refractivity contribution in [2.75, 3.05) is 18.1 Å². The highest BCUT2D eigenvalue weighted by atomic mass is 16.6. The number of β-lactam (4-membered cyclic amide) rings is 1. The first-order chi connectivity index (χ1) is 10.8. The number of carbonyl (C=O) groups is 1. The number of nitrogens with two attached hydrogens (primary N) is 1. The number of benzene rings is 2. The molecule has 5 nitrogen and oxygen atoms in total. The maximum atomic E-state index is 12.2. The summed E-state index contributed by atoms with van der Waals surface area (Å²) >= 11 is 0. The van der Waals surface area contributed by atoms with Gasteiger partial charge in [0.05, 0.1) is 6.04 Å². The van der Waals surface area contributed by atoms with Gasteiger partial charge in [-0.2, -0.15) is 0 Å². The molecule has 0 unspecified atom stereocenters. The molecule has 0 aliphatic carbocycles. The third-order valence-corrected chi connectivity index (χ3v) is 4.09. The second-order valence-corrected chi connectivity index (χ2v) is 5.42. The molecule has 2 aromatic rings. The van der Waals surface area contributed by atoms with Crippen LogP contribution in [0.1, 0.15) is 11.6 Å². The first kappa shape index (κ1) is 13.2. The van der Waals surface area contributed by atoms with E-state index >= 15 is 0 Å². The van der Waals surface area contributed by atoms with E-state index in [1.165, 1.54) is 0 Å². The Balaban J connectivity index is 1.70. The van der Waals surface area contributed by atoms with Crippen molar-refractivity contribution in [1.29, 1.82) is 0 Å². The Morgan fingerprint density at radius 1 is 1.00 bits per heavy atom. The number of amides is 1. The lowest BCUT2D eigenvalue weighted by Gasteiger charge is -2.45. The number of ether oxygens (including phenoxy) is 2. The molecule has 0 saturated carbocycles. The van der Waals surface area contributed by atoms with Crippen molar-refractivity contribution in [3.8, 4) is 11.5 Å². The zero-order chi connectivity index (χ0) is 15.1. The van der Waals surface area contributed by atoms with Crippen molar-refractivity contribution in [2.45, 2.75) is 12.1 Å². The number of hydrogen-bond acceptors (Lipinski definition) is 4. The Labute approximate surface area is 128 Å². The second kappa shape index (κ2) is 5.03. The van der Waals surface area contributed by atoms with E-state index in [9.17, 15) is 4.79 Å². The Kier molecular flexibility index (Phi) is 3.01. The summed E-state index contributed by atoms with van der Waals surface area (Å²) < 4.78 is 11.1. The summed E-state index contributed by atoms with van der Waals surface area (Å²) in [6, 6.07) is 14.7. The highest BCUT2D eigenvalue weighted by Gasteiger charge is 2.46. The molecule has 112 valence electrons. The van der Waals surface area contributed by atoms with Crippen LogP contribution in [0.5, 0.6) is 11.5 Å². The molecule has 2 atom stereocenters. The maximum absolute atomic E-state index is 12.2. The fourth-order valence-electron chi connectivity index (χ4n) is 2.99. The highest BCUT2D eigenvalue weighted by molar-refractivity contribution is 6.05. The van der Waals surface area contributed by atoms with Crippen LogP contribution in [0.15, 0.2) is 48.5 Å². The van der Waals surface area contributed by atoms with Crippen LogP contribution < -0.4 is 20.1 Å². The van der Waals surface area contributed by atoms with E-state index in [4.69, 9.17) is 15.2 Å². The van der Waals surface area contributed by atoms with E-state index in [2.05, 4.69) is 0 Å². The molecular formula is C17H16N2O3. The van der Waals surface area contributed by atoms with E-state index in [0.717, 1.165) is 11.3 Å². The predicted octanol–water partition coefficient (Wildman–Crippen LogP) is 1.87. The Morgan fingerprint density at radius 3 is 2.50 bits per heavy atom. The van der Waals surface area contributed by atoms with Crippen molar-refractivity contribution < 1.29 is 14.3 Å². The summed E-state index contributed by atoms with van der Waals surface area (Å²) in [5.74, 6) is 1.30. The monoisotopic (exact) mass is 296 g/mol. The van der Waals surface area contributed by atoms with E-state index in [1.54, 1.807) is 4.90 Å². The first-order valence-electron chi connectivity index (χ1n) is 7.29. The molecule has 22 heavy (non-hydrogen) atoms. The van der Waals surface area contributed by atoms with Crippen LogP contribution >= 0.6 is 0 Å². The van der Waals surface area contributed by atoms with E-state index in [0.29, 0.717) is 24.7 Å². The minimum Gasteiger partial charge on any atom is -0.486 e. The van der Waals surface area contributed by atoms with Gasteiger partial charge in [0.15, 0.2) is 11.5 Å². The van der Waals surface area contributed by atoms with Gasteiger partial charge in [-0.25, -0.2) is 0 Å². The number of nitrogens with zero attached hydrogens (tertiary/aromatic N) is 1. The minimum atomic E-state index is -0.504. The van der Waals surface area contributed by atoms with Gasteiger partial charge in [0, 0.05) is 11.8 Å². The molecule has 1 fully saturated rings. The molecule has 0 aromatic heterocycles. The number of hydrogen-bond donors (Lipinski definition) is 1. The first-order valence-corrected chi connectivity index (χ1v) is 7.29. The van der Waals surface area contributed by atoms with Crippen molar-refractivity contribution in [3.63, 3.8) is 0 Å². The third-order valence-electron chi connectivity index (χ3n) is 4.09. The summed E-state index contributed by atoms with van der Waals surface area (Å²) in [4.78, 5) is 14.0. The third kappa shape index (κ3) is 1.94. The number of fused-ring (bicyclic) bond motifs is 1. The van der Waals surface area contributed by atoms with Crippen LogP contribution in [0, 0.1) is 0 Å². The molecule has 2 aromatic carbocycles. The molecular weight excluding hydrogens is 280 g/mol. The molecule has 4 rings (SSSR count). The lowest BCUT2D eigenvalue weighted by atomic mass is 9.88. The van der Waals surface area contributed by atoms with Gasteiger partial charge in [0.25, 0.3) is 0 Å². The van der Waals surface area contributed by atoms with Gasteiger partial charge in [-0.05, 0) is 17.7 Å². The van der Waals surface area contributed by atoms with Crippen molar-refractivity contribution in [2.24, 2.45) is 5.73 Å². The molecule has 2 aliphatic heterocycles. The van der Waals surface area contributed by atoms with Gasteiger partial charge in [-0.1, -0.05) is 30.3 Å². The average Bonchev–Trinajstić information content (AvgIpc) is 2.59. The summed E-state index contributed by atoms with van der Waals surface area (Å²) in [5.41, 5.74) is 7.83. The zero-order valence-electron chi connectivity index (χ0n) is 11.9. The standard InChI is InChI=1S/C17H16N2O3/c18-15-16(11-4-2-1-3-5-11)19(17(15)20)12-6-7-13-14(10-12)22-9-8-21-13/h1-7,10,15-16H,8-9,18H2/t15-,16-/m0/s1. The van der Waals surface area contributed by atoms with E-state index in [-0.39, 0.29) is 11.9 Å². The smallest absolute Gasteiger partial charge is 0.247 e. The molecule has 1 saturated heterocycles. The lowest BCUT2D eigenvalue weighted by Crippen LogP contribution is -2.63.